The number of aromatic nitrogens is 2. The van der Waals surface area contributed by atoms with Crippen LogP contribution in [0.1, 0.15) is 10.4 Å². The summed E-state index contributed by atoms with van der Waals surface area (Å²) < 4.78 is 26.6. The van der Waals surface area contributed by atoms with Crippen molar-refractivity contribution in [2.45, 2.75) is 4.90 Å². The van der Waals surface area contributed by atoms with Crippen molar-refractivity contribution < 1.29 is 13.2 Å². The molecular weight excluding hydrogens is 300 g/mol. The fourth-order valence-corrected chi connectivity index (χ4v) is 3.51. The number of aldehydes is 1. The SMILES string of the molecule is O=Cc1cc(-c2ccccc2)n(S(=O)(=O)c2cccnc2)c1. The monoisotopic (exact) mass is 312 g/mol. The molecule has 0 amide bonds. The summed E-state index contributed by atoms with van der Waals surface area (Å²) in [5.41, 5.74) is 1.45. The van der Waals surface area contributed by atoms with E-state index in [-0.39, 0.29) is 4.90 Å². The number of benzene rings is 1. The van der Waals surface area contributed by atoms with E-state index in [0.717, 1.165) is 3.97 Å². The van der Waals surface area contributed by atoms with Crippen molar-refractivity contribution in [2.75, 3.05) is 0 Å². The number of carbonyl (C=O) groups is 1. The molecule has 0 aliphatic heterocycles. The van der Waals surface area contributed by atoms with Crippen LogP contribution in [0.2, 0.25) is 0 Å². The zero-order valence-electron chi connectivity index (χ0n) is 11.5. The van der Waals surface area contributed by atoms with Crippen LogP contribution in [0.5, 0.6) is 0 Å². The summed E-state index contributed by atoms with van der Waals surface area (Å²) in [6.07, 6.45) is 4.73. The molecule has 6 heteroatoms. The van der Waals surface area contributed by atoms with Crippen LogP contribution < -0.4 is 0 Å². The maximum absolute atomic E-state index is 12.8. The molecule has 3 aromatic rings. The van der Waals surface area contributed by atoms with Crippen LogP contribution in [0.3, 0.4) is 0 Å². The van der Waals surface area contributed by atoms with Crippen molar-refractivity contribution in [3.8, 4) is 11.3 Å². The highest BCUT2D eigenvalue weighted by Gasteiger charge is 2.21. The highest BCUT2D eigenvalue weighted by atomic mass is 32.2. The first-order chi connectivity index (χ1) is 10.6. The molecule has 0 bridgehead atoms. The Morgan fingerprint density at radius 2 is 1.82 bits per heavy atom. The molecule has 2 heterocycles. The molecule has 0 unspecified atom stereocenters. The van der Waals surface area contributed by atoms with E-state index in [1.54, 1.807) is 24.3 Å². The molecule has 2 aromatic heterocycles. The van der Waals surface area contributed by atoms with Crippen LogP contribution in [0, 0.1) is 0 Å². The third-order valence-electron chi connectivity index (χ3n) is 3.20. The molecule has 0 aliphatic rings. The molecule has 0 fully saturated rings. The zero-order chi connectivity index (χ0) is 15.6. The summed E-state index contributed by atoms with van der Waals surface area (Å²) in [6.45, 7) is 0. The van der Waals surface area contributed by atoms with Crippen LogP contribution in [0.25, 0.3) is 11.3 Å². The summed E-state index contributed by atoms with van der Waals surface area (Å²) >= 11 is 0. The molecule has 110 valence electrons. The standard InChI is InChI=1S/C16H12N2O3S/c19-12-13-9-16(14-5-2-1-3-6-14)18(11-13)22(20,21)15-7-4-8-17-10-15/h1-12H. The van der Waals surface area contributed by atoms with Crippen LogP contribution in [0.15, 0.2) is 72.0 Å². The molecule has 5 nitrogen and oxygen atoms in total. The Kier molecular flexibility index (Phi) is 3.60. The summed E-state index contributed by atoms with van der Waals surface area (Å²) in [7, 11) is -3.81. The summed E-state index contributed by atoms with van der Waals surface area (Å²) in [5, 5.41) is 0. The molecule has 22 heavy (non-hydrogen) atoms. The van der Waals surface area contributed by atoms with E-state index in [4.69, 9.17) is 0 Å². The molecule has 1 aromatic carbocycles. The van der Waals surface area contributed by atoms with Crippen LogP contribution in [-0.2, 0) is 10.0 Å². The minimum absolute atomic E-state index is 0.0697. The molecular formula is C16H12N2O3S. The predicted molar refractivity (Wildman–Crippen MR) is 82.1 cm³/mol. The van der Waals surface area contributed by atoms with Crippen molar-refractivity contribution in [2.24, 2.45) is 0 Å². The molecule has 0 spiro atoms. The Balaban J connectivity index is 2.23. The van der Waals surface area contributed by atoms with Crippen molar-refractivity contribution in [1.29, 1.82) is 0 Å². The van der Waals surface area contributed by atoms with Gasteiger partial charge in [-0.1, -0.05) is 30.3 Å². The van der Waals surface area contributed by atoms with E-state index in [1.165, 1.54) is 24.7 Å². The fourth-order valence-electron chi connectivity index (χ4n) is 2.16. The number of hydrogen-bond donors (Lipinski definition) is 0. The number of rotatable bonds is 4. The second kappa shape index (κ2) is 5.57. The van der Waals surface area contributed by atoms with Gasteiger partial charge < -0.3 is 0 Å². The summed E-state index contributed by atoms with van der Waals surface area (Å²) in [6, 6.07) is 13.6. The lowest BCUT2D eigenvalue weighted by molar-refractivity contribution is 0.112. The van der Waals surface area contributed by atoms with E-state index in [9.17, 15) is 13.2 Å². The van der Waals surface area contributed by atoms with Gasteiger partial charge in [-0.25, -0.2) is 12.4 Å². The average Bonchev–Trinajstić information content (AvgIpc) is 3.02. The highest BCUT2D eigenvalue weighted by Crippen LogP contribution is 2.26. The maximum Gasteiger partial charge on any atom is 0.269 e. The number of nitrogens with zero attached hydrogens (tertiary/aromatic N) is 2. The van der Waals surface area contributed by atoms with Crippen LogP contribution in [-0.4, -0.2) is 23.7 Å². The Labute approximate surface area is 127 Å². The Morgan fingerprint density at radius 3 is 2.45 bits per heavy atom. The van der Waals surface area contributed by atoms with Gasteiger partial charge in [0.1, 0.15) is 4.90 Å². The van der Waals surface area contributed by atoms with Gasteiger partial charge in [-0.2, -0.15) is 0 Å². The van der Waals surface area contributed by atoms with E-state index in [0.29, 0.717) is 23.1 Å². The average molecular weight is 312 g/mol. The highest BCUT2D eigenvalue weighted by molar-refractivity contribution is 7.90. The summed E-state index contributed by atoms with van der Waals surface area (Å²) in [4.78, 5) is 15.0. The van der Waals surface area contributed by atoms with Gasteiger partial charge in [-0.3, -0.25) is 9.78 Å². The second-order valence-corrected chi connectivity index (χ2v) is 6.45. The molecule has 0 atom stereocenters. The van der Waals surface area contributed by atoms with E-state index in [2.05, 4.69) is 4.98 Å². The first kappa shape index (κ1) is 14.2. The van der Waals surface area contributed by atoms with Gasteiger partial charge in [-0.15, -0.1) is 0 Å². The van der Waals surface area contributed by atoms with Crippen LogP contribution in [0.4, 0.5) is 0 Å². The van der Waals surface area contributed by atoms with Gasteiger partial charge in [0.25, 0.3) is 10.0 Å². The van der Waals surface area contributed by atoms with Crippen molar-refractivity contribution in [1.82, 2.24) is 8.96 Å². The minimum atomic E-state index is -3.81. The normalized spacial score (nSPS) is 11.3. The second-order valence-electron chi connectivity index (χ2n) is 4.63. The van der Waals surface area contributed by atoms with Crippen LogP contribution >= 0.6 is 0 Å². The molecule has 0 saturated carbocycles. The largest absolute Gasteiger partial charge is 0.298 e. The van der Waals surface area contributed by atoms with E-state index < -0.39 is 10.0 Å². The van der Waals surface area contributed by atoms with Crippen molar-refractivity contribution in [3.63, 3.8) is 0 Å². The molecule has 0 saturated heterocycles. The first-order valence-corrected chi connectivity index (χ1v) is 7.95. The third kappa shape index (κ3) is 2.44. The lowest BCUT2D eigenvalue weighted by Gasteiger charge is -2.10. The number of hydrogen-bond acceptors (Lipinski definition) is 4. The Hall–Kier alpha value is -2.73. The van der Waals surface area contributed by atoms with Crippen molar-refractivity contribution in [3.05, 3.63) is 72.7 Å². The lowest BCUT2D eigenvalue weighted by Crippen LogP contribution is -2.13. The van der Waals surface area contributed by atoms with Crippen molar-refractivity contribution >= 4 is 16.3 Å². The molecule has 3 rings (SSSR count). The molecule has 0 radical (unpaired) electrons. The van der Waals surface area contributed by atoms with Gasteiger partial charge in [0, 0.05) is 24.2 Å². The van der Waals surface area contributed by atoms with Gasteiger partial charge in [-0.05, 0) is 23.8 Å². The van der Waals surface area contributed by atoms with Gasteiger partial charge >= 0.3 is 0 Å². The van der Waals surface area contributed by atoms with Gasteiger partial charge in [0.2, 0.25) is 0 Å². The number of pyridine rings is 1. The van der Waals surface area contributed by atoms with Gasteiger partial charge in [0.15, 0.2) is 6.29 Å². The lowest BCUT2D eigenvalue weighted by atomic mass is 10.1. The number of carbonyl (C=O) groups excluding carboxylic acids is 1. The quantitative estimate of drug-likeness (QED) is 0.694. The Morgan fingerprint density at radius 1 is 1.05 bits per heavy atom. The topological polar surface area (TPSA) is 69.0 Å². The minimum Gasteiger partial charge on any atom is -0.298 e. The molecule has 0 N–H and O–H groups in total. The van der Waals surface area contributed by atoms with E-state index in [1.807, 2.05) is 18.2 Å². The van der Waals surface area contributed by atoms with E-state index >= 15 is 0 Å². The predicted octanol–water partition coefficient (Wildman–Crippen LogP) is 2.60. The maximum atomic E-state index is 12.8. The summed E-state index contributed by atoms with van der Waals surface area (Å²) in [5.74, 6) is 0. The van der Waals surface area contributed by atoms with Gasteiger partial charge in [0.05, 0.1) is 5.69 Å². The Bertz CT molecular complexity index is 901. The third-order valence-corrected chi connectivity index (χ3v) is 4.86. The first-order valence-electron chi connectivity index (χ1n) is 6.51. The zero-order valence-corrected chi connectivity index (χ0v) is 12.3. The smallest absolute Gasteiger partial charge is 0.269 e. The molecule has 0 aliphatic carbocycles. The fraction of sp³-hybridized carbons (Fsp3) is 0.